The zero-order valence-electron chi connectivity index (χ0n) is 9.11. The fourth-order valence-electron chi connectivity index (χ4n) is 1.44. The maximum Gasteiger partial charge on any atom is 0.0900 e. The quantitative estimate of drug-likeness (QED) is 0.742. The van der Waals surface area contributed by atoms with Gasteiger partial charge >= 0.3 is 0 Å². The number of nitrogens with zero attached hydrogens (tertiary/aromatic N) is 1. The molecule has 1 heterocycles. The smallest absolute Gasteiger partial charge is 0.0900 e. The Bertz CT molecular complexity index is 149. The van der Waals surface area contributed by atoms with Gasteiger partial charge in [-0.1, -0.05) is 0 Å². The van der Waals surface area contributed by atoms with E-state index in [4.69, 9.17) is 4.74 Å². The van der Waals surface area contributed by atoms with Gasteiger partial charge in [0, 0.05) is 31.1 Å². The molecule has 0 aromatic carbocycles. The van der Waals surface area contributed by atoms with Crippen LogP contribution in [0.15, 0.2) is 0 Å². The molecule has 0 bridgehead atoms. The molecule has 0 aliphatic carbocycles. The van der Waals surface area contributed by atoms with Crippen LogP contribution in [-0.2, 0) is 4.74 Å². The minimum Gasteiger partial charge on any atom is -0.389 e. The lowest BCUT2D eigenvalue weighted by Crippen LogP contribution is -2.40. The Kier molecular flexibility index (Phi) is 5.86. The third-order valence-corrected chi connectivity index (χ3v) is 3.14. The van der Waals surface area contributed by atoms with Gasteiger partial charge in [0.05, 0.1) is 18.8 Å². The summed E-state index contributed by atoms with van der Waals surface area (Å²) in [6, 6.07) is 0. The van der Waals surface area contributed by atoms with Gasteiger partial charge in [-0.05, 0) is 13.8 Å². The summed E-state index contributed by atoms with van der Waals surface area (Å²) in [6.45, 7) is 7.40. The van der Waals surface area contributed by atoms with Crippen LogP contribution in [0.5, 0.6) is 0 Å². The summed E-state index contributed by atoms with van der Waals surface area (Å²) in [7, 11) is 0. The van der Waals surface area contributed by atoms with Crippen molar-refractivity contribution in [1.29, 1.82) is 0 Å². The Morgan fingerprint density at radius 3 is 2.57 bits per heavy atom. The zero-order chi connectivity index (χ0) is 10.4. The van der Waals surface area contributed by atoms with Crippen LogP contribution in [0.25, 0.3) is 0 Å². The van der Waals surface area contributed by atoms with Crippen LogP contribution in [0.3, 0.4) is 0 Å². The SMILES string of the molecule is CC(C)OCC(O)CN1CCSCC1. The number of aliphatic hydroxyl groups is 1. The molecular weight excluding hydrogens is 198 g/mol. The molecule has 0 aromatic rings. The van der Waals surface area contributed by atoms with Crippen LogP contribution < -0.4 is 0 Å². The highest BCUT2D eigenvalue weighted by atomic mass is 32.2. The van der Waals surface area contributed by atoms with E-state index in [1.807, 2.05) is 25.6 Å². The van der Waals surface area contributed by atoms with E-state index >= 15 is 0 Å². The van der Waals surface area contributed by atoms with Gasteiger partial charge in [-0.2, -0.15) is 11.8 Å². The summed E-state index contributed by atoms with van der Waals surface area (Å²) < 4.78 is 5.36. The lowest BCUT2D eigenvalue weighted by Gasteiger charge is -2.28. The largest absolute Gasteiger partial charge is 0.389 e. The zero-order valence-corrected chi connectivity index (χ0v) is 9.92. The van der Waals surface area contributed by atoms with Crippen molar-refractivity contribution in [3.8, 4) is 0 Å². The molecule has 0 spiro atoms. The van der Waals surface area contributed by atoms with E-state index in [1.54, 1.807) is 0 Å². The summed E-state index contributed by atoms with van der Waals surface area (Å²) in [4.78, 5) is 2.31. The summed E-state index contributed by atoms with van der Waals surface area (Å²) in [6.07, 6.45) is -0.123. The molecular formula is C10H21NO2S. The van der Waals surface area contributed by atoms with E-state index < -0.39 is 0 Å². The Morgan fingerprint density at radius 1 is 1.36 bits per heavy atom. The Morgan fingerprint density at radius 2 is 2.00 bits per heavy atom. The third kappa shape index (κ3) is 5.20. The van der Waals surface area contributed by atoms with Gasteiger partial charge in [0.2, 0.25) is 0 Å². The first kappa shape index (κ1) is 12.3. The van der Waals surface area contributed by atoms with Gasteiger partial charge in [-0.25, -0.2) is 0 Å². The number of β-amino-alcohol motifs (C(OH)–C–C–N with tert-alkyl or cyclic N) is 1. The average Bonchev–Trinajstić information content (AvgIpc) is 2.16. The lowest BCUT2D eigenvalue weighted by atomic mass is 10.3. The van der Waals surface area contributed by atoms with Crippen molar-refractivity contribution in [2.45, 2.75) is 26.1 Å². The van der Waals surface area contributed by atoms with Crippen molar-refractivity contribution >= 4 is 11.8 Å². The van der Waals surface area contributed by atoms with Crippen LogP contribution in [-0.4, -0.2) is 60.0 Å². The molecule has 1 unspecified atom stereocenters. The maximum atomic E-state index is 9.68. The Labute approximate surface area is 90.8 Å². The van der Waals surface area contributed by atoms with Crippen LogP contribution in [0.2, 0.25) is 0 Å². The molecule has 1 saturated heterocycles. The molecule has 3 nitrogen and oxygen atoms in total. The first-order valence-corrected chi connectivity index (χ1v) is 6.43. The minimum absolute atomic E-state index is 0.210. The maximum absolute atomic E-state index is 9.68. The highest BCUT2D eigenvalue weighted by Crippen LogP contribution is 2.09. The van der Waals surface area contributed by atoms with Crippen molar-refractivity contribution in [2.75, 3.05) is 37.7 Å². The van der Waals surface area contributed by atoms with E-state index in [0.29, 0.717) is 6.61 Å². The van der Waals surface area contributed by atoms with Crippen molar-refractivity contribution in [3.63, 3.8) is 0 Å². The summed E-state index contributed by atoms with van der Waals surface area (Å²) in [5.74, 6) is 2.38. The molecule has 1 atom stereocenters. The average molecular weight is 219 g/mol. The molecule has 1 aliphatic rings. The fraction of sp³-hybridized carbons (Fsp3) is 1.00. The molecule has 0 saturated carbocycles. The lowest BCUT2D eigenvalue weighted by molar-refractivity contribution is -0.00730. The van der Waals surface area contributed by atoms with Crippen molar-refractivity contribution < 1.29 is 9.84 Å². The van der Waals surface area contributed by atoms with Gasteiger partial charge in [0.15, 0.2) is 0 Å². The standard InChI is InChI=1S/C10H21NO2S/c1-9(2)13-8-10(12)7-11-3-5-14-6-4-11/h9-10,12H,3-8H2,1-2H3. The first-order valence-electron chi connectivity index (χ1n) is 5.28. The first-order chi connectivity index (χ1) is 6.68. The number of hydrogen-bond donors (Lipinski definition) is 1. The van der Waals surface area contributed by atoms with E-state index in [-0.39, 0.29) is 12.2 Å². The molecule has 4 heteroatoms. The fourth-order valence-corrected chi connectivity index (χ4v) is 2.42. The number of rotatable bonds is 5. The summed E-state index contributed by atoms with van der Waals surface area (Å²) in [5, 5.41) is 9.68. The molecule has 0 aromatic heterocycles. The molecule has 1 N–H and O–H groups in total. The molecule has 1 rings (SSSR count). The summed E-state index contributed by atoms with van der Waals surface area (Å²) >= 11 is 1.99. The molecule has 84 valence electrons. The monoisotopic (exact) mass is 219 g/mol. The van der Waals surface area contributed by atoms with Crippen molar-refractivity contribution in [1.82, 2.24) is 4.90 Å². The van der Waals surface area contributed by atoms with Gasteiger partial charge in [0.1, 0.15) is 0 Å². The van der Waals surface area contributed by atoms with Gasteiger partial charge in [-0.15, -0.1) is 0 Å². The minimum atomic E-state index is -0.333. The highest BCUT2D eigenvalue weighted by Gasteiger charge is 2.14. The van der Waals surface area contributed by atoms with Crippen LogP contribution >= 0.6 is 11.8 Å². The van der Waals surface area contributed by atoms with Crippen molar-refractivity contribution in [2.24, 2.45) is 0 Å². The van der Waals surface area contributed by atoms with Gasteiger partial charge in [0.25, 0.3) is 0 Å². The normalized spacial score (nSPS) is 21.4. The number of hydrogen-bond acceptors (Lipinski definition) is 4. The van der Waals surface area contributed by atoms with Gasteiger partial charge < -0.3 is 9.84 Å². The van der Waals surface area contributed by atoms with Crippen LogP contribution in [0.1, 0.15) is 13.8 Å². The topological polar surface area (TPSA) is 32.7 Å². The Balaban J connectivity index is 2.09. The highest BCUT2D eigenvalue weighted by molar-refractivity contribution is 7.99. The van der Waals surface area contributed by atoms with E-state index in [1.165, 1.54) is 11.5 Å². The van der Waals surface area contributed by atoms with Crippen molar-refractivity contribution in [3.05, 3.63) is 0 Å². The number of ether oxygens (including phenoxy) is 1. The molecule has 1 fully saturated rings. The Hall–Kier alpha value is 0.230. The van der Waals surface area contributed by atoms with Gasteiger partial charge in [-0.3, -0.25) is 4.90 Å². The molecule has 0 amide bonds. The number of aliphatic hydroxyl groups excluding tert-OH is 1. The molecule has 0 radical (unpaired) electrons. The predicted molar refractivity (Wildman–Crippen MR) is 60.9 cm³/mol. The van der Waals surface area contributed by atoms with Crippen LogP contribution in [0, 0.1) is 0 Å². The second kappa shape index (κ2) is 6.67. The van der Waals surface area contributed by atoms with Crippen LogP contribution in [0.4, 0.5) is 0 Å². The summed E-state index contributed by atoms with van der Waals surface area (Å²) in [5.41, 5.74) is 0. The predicted octanol–water partition coefficient (Wildman–Crippen LogP) is 0.821. The second-order valence-electron chi connectivity index (χ2n) is 3.95. The molecule has 1 aliphatic heterocycles. The van der Waals surface area contributed by atoms with E-state index in [9.17, 15) is 5.11 Å². The van der Waals surface area contributed by atoms with E-state index in [0.717, 1.165) is 19.6 Å². The molecule has 14 heavy (non-hydrogen) atoms. The third-order valence-electron chi connectivity index (χ3n) is 2.19. The number of thioether (sulfide) groups is 1. The van der Waals surface area contributed by atoms with E-state index in [2.05, 4.69) is 4.90 Å². The second-order valence-corrected chi connectivity index (χ2v) is 5.17.